The van der Waals surface area contributed by atoms with E-state index in [4.69, 9.17) is 5.73 Å². The molecule has 0 saturated carbocycles. The van der Waals surface area contributed by atoms with Crippen LogP contribution in [0.2, 0.25) is 0 Å². The number of amides is 2. The van der Waals surface area contributed by atoms with Crippen molar-refractivity contribution >= 4 is 40.5 Å². The van der Waals surface area contributed by atoms with Gasteiger partial charge in [0.1, 0.15) is 0 Å². The predicted molar refractivity (Wildman–Crippen MR) is 79.3 cm³/mol. The van der Waals surface area contributed by atoms with Crippen molar-refractivity contribution in [1.29, 1.82) is 0 Å². The summed E-state index contributed by atoms with van der Waals surface area (Å²) in [6.07, 6.45) is 2.38. The Labute approximate surface area is 129 Å². The first-order chi connectivity index (χ1) is 10.5. The highest BCUT2D eigenvalue weighted by molar-refractivity contribution is 8.18. The lowest BCUT2D eigenvalue weighted by atomic mass is 10.4. The van der Waals surface area contributed by atoms with Crippen LogP contribution in [0.3, 0.4) is 0 Å². The van der Waals surface area contributed by atoms with E-state index < -0.39 is 11.9 Å². The Morgan fingerprint density at radius 3 is 2.91 bits per heavy atom. The molecule has 0 unspecified atom stereocenters. The van der Waals surface area contributed by atoms with Gasteiger partial charge >= 0.3 is 5.97 Å². The number of methoxy groups -OCH3 is 1. The average molecular weight is 323 g/mol. The number of hydrogen-bond donors (Lipinski definition) is 2. The van der Waals surface area contributed by atoms with Crippen LogP contribution < -0.4 is 5.73 Å². The molecular weight excluding hydrogens is 310 g/mol. The number of nitrogens with two attached hydrogens (primary N) is 1. The van der Waals surface area contributed by atoms with Crippen LogP contribution in [0, 0.1) is 0 Å². The number of H-pyrrole nitrogens is 1. The SMILES string of the molecule is CCN1C(=O)C(=CC(=O)OC)SC1=Nc1nc[nH]c1C(N)=O. The number of carbonyl (C=O) groups excluding carboxylic acids is 3. The molecular formula is C12H13N5O4S. The lowest BCUT2D eigenvalue weighted by molar-refractivity contribution is -0.135. The molecule has 22 heavy (non-hydrogen) atoms. The molecule has 10 heteroatoms. The van der Waals surface area contributed by atoms with Gasteiger partial charge in [-0.05, 0) is 18.7 Å². The van der Waals surface area contributed by atoms with Gasteiger partial charge in [-0.2, -0.15) is 0 Å². The van der Waals surface area contributed by atoms with E-state index in [-0.39, 0.29) is 22.3 Å². The molecule has 1 aromatic heterocycles. The fraction of sp³-hybridized carbons (Fsp3) is 0.250. The van der Waals surface area contributed by atoms with Crippen molar-refractivity contribution in [2.24, 2.45) is 10.7 Å². The quantitative estimate of drug-likeness (QED) is 0.599. The Balaban J connectivity index is 2.38. The monoisotopic (exact) mass is 323 g/mol. The number of nitrogens with one attached hydrogen (secondary N) is 1. The summed E-state index contributed by atoms with van der Waals surface area (Å²) < 4.78 is 4.50. The molecule has 0 radical (unpaired) electrons. The first-order valence-corrected chi connectivity index (χ1v) is 7.00. The van der Waals surface area contributed by atoms with E-state index in [0.717, 1.165) is 17.8 Å². The van der Waals surface area contributed by atoms with Gasteiger partial charge in [-0.25, -0.2) is 14.8 Å². The van der Waals surface area contributed by atoms with Crippen LogP contribution in [0.4, 0.5) is 5.82 Å². The second-order valence-electron chi connectivity index (χ2n) is 4.04. The number of likely N-dealkylation sites (N-methyl/N-ethyl adjacent to an activating group) is 1. The van der Waals surface area contributed by atoms with Crippen molar-refractivity contribution in [3.8, 4) is 0 Å². The maximum absolute atomic E-state index is 12.2. The van der Waals surface area contributed by atoms with Crippen LogP contribution in [-0.4, -0.2) is 51.5 Å². The summed E-state index contributed by atoms with van der Waals surface area (Å²) in [5.41, 5.74) is 5.24. The summed E-state index contributed by atoms with van der Waals surface area (Å²) in [5.74, 6) is -1.63. The smallest absolute Gasteiger partial charge is 0.331 e. The Morgan fingerprint density at radius 1 is 1.59 bits per heavy atom. The van der Waals surface area contributed by atoms with Crippen LogP contribution in [0.15, 0.2) is 22.3 Å². The molecule has 3 N–H and O–H groups in total. The van der Waals surface area contributed by atoms with Gasteiger partial charge in [0.15, 0.2) is 16.7 Å². The van der Waals surface area contributed by atoms with Gasteiger partial charge in [0.05, 0.1) is 18.3 Å². The minimum Gasteiger partial charge on any atom is -0.466 e. The summed E-state index contributed by atoms with van der Waals surface area (Å²) in [4.78, 5) is 46.9. The number of amidine groups is 1. The first kappa shape index (κ1) is 15.8. The fourth-order valence-electron chi connectivity index (χ4n) is 1.68. The van der Waals surface area contributed by atoms with E-state index in [9.17, 15) is 14.4 Å². The molecule has 0 bridgehead atoms. The van der Waals surface area contributed by atoms with Crippen molar-refractivity contribution in [2.75, 3.05) is 13.7 Å². The van der Waals surface area contributed by atoms with Gasteiger partial charge in [-0.1, -0.05) is 0 Å². The number of aromatic nitrogens is 2. The topological polar surface area (TPSA) is 131 Å². The maximum Gasteiger partial charge on any atom is 0.331 e. The number of thioether (sulfide) groups is 1. The largest absolute Gasteiger partial charge is 0.466 e. The zero-order chi connectivity index (χ0) is 16.3. The van der Waals surface area contributed by atoms with Crippen LogP contribution in [-0.2, 0) is 14.3 Å². The van der Waals surface area contributed by atoms with E-state index in [1.807, 2.05) is 0 Å². The number of primary amides is 1. The number of aliphatic imine (C=N–C) groups is 1. The third-order valence-electron chi connectivity index (χ3n) is 2.72. The molecule has 1 fully saturated rings. The molecule has 0 aromatic carbocycles. The molecule has 1 aliphatic rings. The Bertz CT molecular complexity index is 693. The van der Waals surface area contributed by atoms with Gasteiger partial charge in [0.25, 0.3) is 11.8 Å². The molecule has 0 aliphatic carbocycles. The summed E-state index contributed by atoms with van der Waals surface area (Å²) >= 11 is 0.994. The van der Waals surface area contributed by atoms with Crippen LogP contribution in [0.25, 0.3) is 0 Å². The number of rotatable bonds is 4. The van der Waals surface area contributed by atoms with E-state index in [2.05, 4.69) is 19.7 Å². The second-order valence-corrected chi connectivity index (χ2v) is 5.05. The Hall–Kier alpha value is -2.62. The number of aromatic amines is 1. The molecule has 2 rings (SSSR count). The number of carbonyl (C=O) groups is 3. The number of esters is 1. The second kappa shape index (κ2) is 6.43. The first-order valence-electron chi connectivity index (χ1n) is 6.19. The summed E-state index contributed by atoms with van der Waals surface area (Å²) in [6, 6.07) is 0. The van der Waals surface area contributed by atoms with E-state index >= 15 is 0 Å². The standard InChI is InChI=1S/C12H13N5O4S/c1-3-17-11(20)6(4-7(18)21-2)22-12(17)16-10-8(9(13)19)14-5-15-10/h4-5H,3H2,1-2H3,(H2,13,19)(H,14,15). The van der Waals surface area contributed by atoms with E-state index in [1.165, 1.54) is 18.3 Å². The van der Waals surface area contributed by atoms with Gasteiger partial charge < -0.3 is 15.5 Å². The van der Waals surface area contributed by atoms with Crippen molar-refractivity contribution in [1.82, 2.24) is 14.9 Å². The van der Waals surface area contributed by atoms with E-state index in [1.54, 1.807) is 6.92 Å². The van der Waals surface area contributed by atoms with Gasteiger partial charge in [0, 0.05) is 12.6 Å². The van der Waals surface area contributed by atoms with Crippen molar-refractivity contribution in [2.45, 2.75) is 6.92 Å². The lowest BCUT2D eigenvalue weighted by Gasteiger charge is -2.11. The third-order valence-corrected chi connectivity index (χ3v) is 3.73. The Kier molecular flexibility index (Phi) is 4.61. The Morgan fingerprint density at radius 2 is 2.32 bits per heavy atom. The minimum atomic E-state index is -0.709. The lowest BCUT2D eigenvalue weighted by Crippen LogP contribution is -2.28. The normalized spacial score (nSPS) is 18.3. The highest BCUT2D eigenvalue weighted by atomic mass is 32.2. The zero-order valence-corrected chi connectivity index (χ0v) is 12.6. The molecule has 1 aromatic rings. The van der Waals surface area contributed by atoms with Crippen molar-refractivity contribution in [3.63, 3.8) is 0 Å². The molecule has 116 valence electrons. The minimum absolute atomic E-state index is 0.0435. The molecule has 9 nitrogen and oxygen atoms in total. The van der Waals surface area contributed by atoms with Gasteiger partial charge in [-0.15, -0.1) is 0 Å². The van der Waals surface area contributed by atoms with Gasteiger partial charge in [-0.3, -0.25) is 14.5 Å². The summed E-state index contributed by atoms with van der Waals surface area (Å²) in [5, 5.41) is 0.303. The molecule has 0 spiro atoms. The molecule has 2 amide bonds. The van der Waals surface area contributed by atoms with Gasteiger partial charge in [0.2, 0.25) is 0 Å². The summed E-state index contributed by atoms with van der Waals surface area (Å²) in [7, 11) is 1.22. The van der Waals surface area contributed by atoms with Crippen molar-refractivity contribution < 1.29 is 19.1 Å². The average Bonchev–Trinajstić information content (AvgIpc) is 3.05. The fourth-order valence-corrected chi connectivity index (χ4v) is 2.68. The van der Waals surface area contributed by atoms with Crippen molar-refractivity contribution in [3.05, 3.63) is 23.0 Å². The number of imidazole rings is 1. The zero-order valence-electron chi connectivity index (χ0n) is 11.8. The highest BCUT2D eigenvalue weighted by Gasteiger charge is 2.33. The van der Waals surface area contributed by atoms with Crippen LogP contribution in [0.5, 0.6) is 0 Å². The number of hydrogen-bond acceptors (Lipinski definition) is 7. The highest BCUT2D eigenvalue weighted by Crippen LogP contribution is 2.32. The van der Waals surface area contributed by atoms with Crippen LogP contribution in [0.1, 0.15) is 17.4 Å². The molecule has 1 saturated heterocycles. The summed E-state index contributed by atoms with van der Waals surface area (Å²) in [6.45, 7) is 2.11. The predicted octanol–water partition coefficient (Wildman–Crippen LogP) is 0.148. The van der Waals surface area contributed by atoms with E-state index in [0.29, 0.717) is 11.7 Å². The van der Waals surface area contributed by atoms with Crippen LogP contribution >= 0.6 is 11.8 Å². The molecule has 1 aliphatic heterocycles. The molecule has 2 heterocycles. The third kappa shape index (κ3) is 3.01. The number of nitrogens with zero attached hydrogens (tertiary/aromatic N) is 3. The number of ether oxygens (including phenoxy) is 1. The maximum atomic E-state index is 12.2. The molecule has 0 atom stereocenters.